The van der Waals surface area contributed by atoms with Crippen molar-refractivity contribution < 1.29 is 0 Å². The molecule has 2 aliphatic carbocycles. The van der Waals surface area contributed by atoms with Gasteiger partial charge in [0.25, 0.3) is 0 Å². The summed E-state index contributed by atoms with van der Waals surface area (Å²) in [5, 5.41) is 0. The molecule has 0 N–H and O–H groups in total. The van der Waals surface area contributed by atoms with Crippen LogP contribution in [0.3, 0.4) is 0 Å². The van der Waals surface area contributed by atoms with Gasteiger partial charge in [-0.1, -0.05) is 62.4 Å². The molecule has 0 aromatic heterocycles. The maximum Gasteiger partial charge on any atom is -0.00278 e. The van der Waals surface area contributed by atoms with Crippen LogP contribution in [0, 0.1) is 11.8 Å². The molecule has 1 saturated heterocycles. The summed E-state index contributed by atoms with van der Waals surface area (Å²) in [7, 11) is 0. The molecule has 0 bridgehead atoms. The number of hydrogen-bond donors (Lipinski definition) is 0. The minimum absolute atomic E-state index is 0.896. The molecule has 0 radical (unpaired) electrons. The Kier molecular flexibility index (Phi) is 5.09. The average molecular weight is 276 g/mol. The molecule has 1 fully saturated rings. The molecular formula is C18H28S. The van der Waals surface area contributed by atoms with E-state index in [1.54, 1.807) is 9.81 Å². The Bertz CT molecular complexity index is 319. The lowest BCUT2D eigenvalue weighted by molar-refractivity contribution is 0.392. The van der Waals surface area contributed by atoms with E-state index in [1.807, 2.05) is 0 Å². The van der Waals surface area contributed by atoms with Gasteiger partial charge < -0.3 is 0 Å². The van der Waals surface area contributed by atoms with Crippen molar-refractivity contribution in [2.45, 2.75) is 77.0 Å². The van der Waals surface area contributed by atoms with Crippen LogP contribution in [0.25, 0.3) is 0 Å². The molecule has 2 atom stereocenters. The molecule has 3 rings (SSSR count). The molecule has 3 aliphatic rings. The predicted octanol–water partition coefficient (Wildman–Crippen LogP) is 6.44. The fraction of sp³-hybridized carbons (Fsp3) is 0.778. The number of thioether (sulfide) groups is 1. The Balaban J connectivity index is 1.80. The van der Waals surface area contributed by atoms with Gasteiger partial charge in [0.15, 0.2) is 0 Å². The number of hydrogen-bond acceptors (Lipinski definition) is 1. The van der Waals surface area contributed by atoms with Crippen LogP contribution < -0.4 is 0 Å². The molecule has 1 heterocycles. The third kappa shape index (κ3) is 3.48. The van der Waals surface area contributed by atoms with E-state index in [0.29, 0.717) is 0 Å². The molecule has 19 heavy (non-hydrogen) atoms. The minimum atomic E-state index is 0.896. The fourth-order valence-electron chi connectivity index (χ4n) is 3.97. The van der Waals surface area contributed by atoms with Crippen molar-refractivity contribution in [1.29, 1.82) is 0 Å². The standard InChI is InChI=1S/C18H28S/c1-3-7-11-15-16-12-8-4-2-6-10-14-18(16)19-17(15)13-9-5-1/h13-16H,1-12H2/b17-13+,18-14+. The summed E-state index contributed by atoms with van der Waals surface area (Å²) in [6.07, 6.45) is 22.4. The van der Waals surface area contributed by atoms with Crippen molar-refractivity contribution in [3.63, 3.8) is 0 Å². The van der Waals surface area contributed by atoms with Crippen LogP contribution >= 0.6 is 11.8 Å². The second kappa shape index (κ2) is 7.02. The Hall–Kier alpha value is -0.170. The summed E-state index contributed by atoms with van der Waals surface area (Å²) in [5.41, 5.74) is 0. The Morgan fingerprint density at radius 3 is 1.63 bits per heavy atom. The molecule has 0 saturated carbocycles. The van der Waals surface area contributed by atoms with Crippen molar-refractivity contribution in [1.82, 2.24) is 0 Å². The summed E-state index contributed by atoms with van der Waals surface area (Å²) in [4.78, 5) is 3.50. The van der Waals surface area contributed by atoms with Crippen molar-refractivity contribution in [3.8, 4) is 0 Å². The largest absolute Gasteiger partial charge is 0.0990 e. The van der Waals surface area contributed by atoms with Crippen LogP contribution in [0.2, 0.25) is 0 Å². The maximum absolute atomic E-state index is 2.60. The van der Waals surface area contributed by atoms with Crippen molar-refractivity contribution in [2.75, 3.05) is 0 Å². The summed E-state index contributed by atoms with van der Waals surface area (Å²) in [6, 6.07) is 0. The van der Waals surface area contributed by atoms with E-state index in [4.69, 9.17) is 0 Å². The van der Waals surface area contributed by atoms with Gasteiger partial charge in [0.05, 0.1) is 0 Å². The quantitative estimate of drug-likeness (QED) is 0.490. The summed E-state index contributed by atoms with van der Waals surface area (Å²) >= 11 is 2.16. The third-order valence-electron chi connectivity index (χ3n) is 5.08. The molecular weight excluding hydrogens is 248 g/mol. The molecule has 0 aromatic carbocycles. The van der Waals surface area contributed by atoms with Gasteiger partial charge in [0, 0.05) is 0 Å². The Morgan fingerprint density at radius 1 is 0.632 bits per heavy atom. The second-order valence-electron chi connectivity index (χ2n) is 6.51. The molecule has 1 heteroatoms. The van der Waals surface area contributed by atoms with Crippen LogP contribution in [0.4, 0.5) is 0 Å². The van der Waals surface area contributed by atoms with Gasteiger partial charge in [-0.2, -0.15) is 0 Å². The predicted molar refractivity (Wildman–Crippen MR) is 86.1 cm³/mol. The first-order chi connectivity index (χ1) is 9.45. The zero-order valence-electron chi connectivity index (χ0n) is 12.2. The SMILES string of the molecule is C1=C2/S/C3=C/CCCCCCC3C2CCCCCC/1. The molecule has 0 nitrogen and oxygen atoms in total. The first kappa shape index (κ1) is 13.8. The zero-order valence-corrected chi connectivity index (χ0v) is 13.0. The fourth-order valence-corrected chi connectivity index (χ4v) is 5.51. The van der Waals surface area contributed by atoms with Gasteiger partial charge in [-0.15, -0.1) is 0 Å². The van der Waals surface area contributed by atoms with E-state index in [9.17, 15) is 0 Å². The van der Waals surface area contributed by atoms with Gasteiger partial charge in [0.1, 0.15) is 0 Å². The summed E-state index contributed by atoms with van der Waals surface area (Å²) < 4.78 is 0. The summed E-state index contributed by atoms with van der Waals surface area (Å²) in [5.74, 6) is 1.79. The lowest BCUT2D eigenvalue weighted by Crippen LogP contribution is -2.10. The van der Waals surface area contributed by atoms with Crippen LogP contribution in [0.1, 0.15) is 77.0 Å². The zero-order chi connectivity index (χ0) is 12.9. The monoisotopic (exact) mass is 276 g/mol. The second-order valence-corrected chi connectivity index (χ2v) is 7.66. The smallest absolute Gasteiger partial charge is 0.00278 e. The maximum atomic E-state index is 2.60. The Morgan fingerprint density at radius 2 is 1.11 bits per heavy atom. The number of rotatable bonds is 0. The highest BCUT2D eigenvalue weighted by Gasteiger charge is 2.35. The highest BCUT2D eigenvalue weighted by atomic mass is 32.2. The summed E-state index contributed by atoms with van der Waals surface area (Å²) in [6.45, 7) is 0. The van der Waals surface area contributed by atoms with E-state index < -0.39 is 0 Å². The number of fused-ring (bicyclic) bond motifs is 3. The van der Waals surface area contributed by atoms with Gasteiger partial charge in [-0.25, -0.2) is 0 Å². The molecule has 2 unspecified atom stereocenters. The Labute approximate surface area is 123 Å². The van der Waals surface area contributed by atoms with Crippen molar-refractivity contribution in [3.05, 3.63) is 22.0 Å². The van der Waals surface area contributed by atoms with Crippen LogP contribution in [0.15, 0.2) is 22.0 Å². The molecule has 0 amide bonds. The van der Waals surface area contributed by atoms with Gasteiger partial charge in [0.2, 0.25) is 0 Å². The van der Waals surface area contributed by atoms with Crippen LogP contribution in [0.5, 0.6) is 0 Å². The normalized spacial score (nSPS) is 38.7. The number of allylic oxidation sites excluding steroid dienone is 4. The van der Waals surface area contributed by atoms with E-state index >= 15 is 0 Å². The average Bonchev–Trinajstić information content (AvgIpc) is 2.81. The van der Waals surface area contributed by atoms with E-state index in [1.165, 1.54) is 77.0 Å². The minimum Gasteiger partial charge on any atom is -0.0990 e. The molecule has 0 spiro atoms. The lowest BCUT2D eigenvalue weighted by Gasteiger charge is -2.20. The van der Waals surface area contributed by atoms with Crippen molar-refractivity contribution >= 4 is 11.8 Å². The van der Waals surface area contributed by atoms with E-state index in [2.05, 4.69) is 23.9 Å². The molecule has 1 aliphatic heterocycles. The van der Waals surface area contributed by atoms with E-state index in [-0.39, 0.29) is 0 Å². The highest BCUT2D eigenvalue weighted by Crippen LogP contribution is 2.54. The molecule has 106 valence electrons. The van der Waals surface area contributed by atoms with Gasteiger partial charge in [-0.3, -0.25) is 0 Å². The third-order valence-corrected chi connectivity index (χ3v) is 6.49. The van der Waals surface area contributed by atoms with Crippen LogP contribution in [-0.2, 0) is 0 Å². The topological polar surface area (TPSA) is 0 Å². The molecule has 0 aromatic rings. The van der Waals surface area contributed by atoms with Gasteiger partial charge in [-0.05, 0) is 60.2 Å². The van der Waals surface area contributed by atoms with Gasteiger partial charge >= 0.3 is 0 Å². The highest BCUT2D eigenvalue weighted by molar-refractivity contribution is 8.07. The van der Waals surface area contributed by atoms with Crippen molar-refractivity contribution in [2.24, 2.45) is 11.8 Å². The van der Waals surface area contributed by atoms with Crippen LogP contribution in [-0.4, -0.2) is 0 Å². The first-order valence-electron chi connectivity index (χ1n) is 8.53. The first-order valence-corrected chi connectivity index (χ1v) is 9.35. The lowest BCUT2D eigenvalue weighted by atomic mass is 9.84. The van der Waals surface area contributed by atoms with E-state index in [0.717, 1.165) is 11.8 Å².